The fraction of sp³-hybridized carbons (Fsp3) is 1.00. The van der Waals surface area contributed by atoms with Crippen molar-refractivity contribution in [3.05, 3.63) is 0 Å². The molecule has 0 aromatic carbocycles. The summed E-state index contributed by atoms with van der Waals surface area (Å²) < 4.78 is 0. The van der Waals surface area contributed by atoms with Gasteiger partial charge in [-0.2, -0.15) is 0 Å². The van der Waals surface area contributed by atoms with Gasteiger partial charge in [-0.15, -0.1) is 0 Å². The van der Waals surface area contributed by atoms with Crippen LogP contribution in [0.5, 0.6) is 0 Å². The van der Waals surface area contributed by atoms with Crippen molar-refractivity contribution < 1.29 is 10.2 Å². The third-order valence-corrected chi connectivity index (χ3v) is 6.03. The monoisotopic (exact) mass is 223 g/mol. The molecule has 3 nitrogen and oxygen atoms in total. The van der Waals surface area contributed by atoms with Gasteiger partial charge in [-0.25, -0.2) is 0 Å². The summed E-state index contributed by atoms with van der Waals surface area (Å²) in [6, 6.07) is 0. The Bertz CT molecular complexity index is 351. The molecule has 1 atom stereocenters. The van der Waals surface area contributed by atoms with Crippen LogP contribution < -0.4 is 0 Å². The van der Waals surface area contributed by atoms with E-state index in [-0.39, 0.29) is 11.0 Å². The maximum Gasteiger partial charge on any atom is 0.179 e. The second-order valence-corrected chi connectivity index (χ2v) is 7.01. The Labute approximate surface area is 96.4 Å². The van der Waals surface area contributed by atoms with Crippen LogP contribution in [-0.4, -0.2) is 39.5 Å². The van der Waals surface area contributed by atoms with Crippen LogP contribution in [0.25, 0.3) is 0 Å². The zero-order valence-electron chi connectivity index (χ0n) is 10.00. The molecule has 16 heavy (non-hydrogen) atoms. The highest BCUT2D eigenvalue weighted by atomic mass is 16.5. The first kappa shape index (κ1) is 9.86. The largest absolute Gasteiger partial charge is 0.364 e. The van der Waals surface area contributed by atoms with Gasteiger partial charge in [0, 0.05) is 6.54 Å². The van der Waals surface area contributed by atoms with Gasteiger partial charge in [-0.1, -0.05) is 0 Å². The number of hydrogen-bond donors (Lipinski definition) is 2. The van der Waals surface area contributed by atoms with Gasteiger partial charge < -0.3 is 10.2 Å². The van der Waals surface area contributed by atoms with Crippen LogP contribution in [0.1, 0.15) is 45.4 Å². The van der Waals surface area contributed by atoms with Crippen LogP contribution in [-0.2, 0) is 0 Å². The Morgan fingerprint density at radius 2 is 1.75 bits per heavy atom. The lowest BCUT2D eigenvalue weighted by molar-refractivity contribution is -0.237. The lowest BCUT2D eigenvalue weighted by Crippen LogP contribution is -2.61. The van der Waals surface area contributed by atoms with Gasteiger partial charge in [-0.3, -0.25) is 4.90 Å². The van der Waals surface area contributed by atoms with Crippen molar-refractivity contribution >= 4 is 0 Å². The van der Waals surface area contributed by atoms with Gasteiger partial charge in [0.05, 0.1) is 5.54 Å². The Hall–Kier alpha value is -0.120. The molecule has 3 heteroatoms. The molecule has 0 amide bonds. The fourth-order valence-corrected chi connectivity index (χ4v) is 4.89. The first-order valence-corrected chi connectivity index (χ1v) is 6.63. The van der Waals surface area contributed by atoms with Crippen molar-refractivity contribution in [2.24, 2.45) is 10.8 Å². The van der Waals surface area contributed by atoms with Gasteiger partial charge in [0.1, 0.15) is 0 Å². The van der Waals surface area contributed by atoms with Gasteiger partial charge in [0.25, 0.3) is 0 Å². The normalized spacial score (nSPS) is 42.9. The summed E-state index contributed by atoms with van der Waals surface area (Å²) in [7, 11) is 0. The second kappa shape index (κ2) is 2.36. The molecule has 0 bridgehead atoms. The van der Waals surface area contributed by atoms with Gasteiger partial charge >= 0.3 is 0 Å². The zero-order chi connectivity index (χ0) is 11.2. The number of aliphatic hydroxyl groups is 2. The molecule has 4 fully saturated rings. The highest BCUT2D eigenvalue weighted by Gasteiger charge is 2.77. The predicted octanol–water partition coefficient (Wildman–Crippen LogP) is 1.10. The van der Waals surface area contributed by atoms with Crippen LogP contribution in [0.3, 0.4) is 0 Å². The summed E-state index contributed by atoms with van der Waals surface area (Å²) in [6.07, 6.45) is 7.23. The highest BCUT2D eigenvalue weighted by molar-refractivity contribution is 5.28. The van der Waals surface area contributed by atoms with E-state index in [2.05, 4.69) is 4.90 Å². The Morgan fingerprint density at radius 3 is 2.25 bits per heavy atom. The van der Waals surface area contributed by atoms with E-state index in [0.717, 1.165) is 19.5 Å². The highest BCUT2D eigenvalue weighted by Crippen LogP contribution is 2.74. The molecule has 2 saturated carbocycles. The molecule has 4 aliphatic rings. The molecule has 2 aliphatic carbocycles. The minimum atomic E-state index is -1.52. The Morgan fingerprint density at radius 1 is 1.06 bits per heavy atom. The third kappa shape index (κ3) is 0.889. The molecule has 90 valence electrons. The van der Waals surface area contributed by atoms with E-state index in [9.17, 15) is 10.2 Å². The molecule has 2 heterocycles. The van der Waals surface area contributed by atoms with Crippen molar-refractivity contribution in [2.75, 3.05) is 13.1 Å². The molecule has 0 radical (unpaired) electrons. The van der Waals surface area contributed by atoms with E-state index < -0.39 is 5.79 Å². The lowest BCUT2D eigenvalue weighted by atomic mass is 9.72. The number of fused-ring (bicyclic) bond motifs is 2. The topological polar surface area (TPSA) is 43.7 Å². The average Bonchev–Trinajstić information content (AvgIpc) is 2.99. The molecular formula is C13H21NO2. The van der Waals surface area contributed by atoms with Gasteiger partial charge in [0.15, 0.2) is 5.79 Å². The molecule has 2 saturated heterocycles. The summed E-state index contributed by atoms with van der Waals surface area (Å²) in [5.74, 6) is -1.52. The Balaban J connectivity index is 1.83. The Kier molecular flexibility index (Phi) is 1.45. The molecule has 4 rings (SSSR count). The van der Waals surface area contributed by atoms with E-state index in [1.165, 1.54) is 32.1 Å². The van der Waals surface area contributed by atoms with Crippen LogP contribution >= 0.6 is 0 Å². The molecule has 1 unspecified atom stereocenters. The first-order chi connectivity index (χ1) is 7.43. The van der Waals surface area contributed by atoms with E-state index in [1.54, 1.807) is 6.92 Å². The lowest BCUT2D eigenvalue weighted by Gasteiger charge is -2.45. The van der Waals surface area contributed by atoms with Gasteiger partial charge in [-0.05, 0) is 62.8 Å². The van der Waals surface area contributed by atoms with Crippen molar-refractivity contribution in [1.29, 1.82) is 0 Å². The zero-order valence-corrected chi connectivity index (χ0v) is 10.00. The van der Waals surface area contributed by atoms with E-state index in [0.29, 0.717) is 5.41 Å². The summed E-state index contributed by atoms with van der Waals surface area (Å²) >= 11 is 0. The molecular weight excluding hydrogens is 202 g/mol. The van der Waals surface area contributed by atoms with E-state index in [1.807, 2.05) is 0 Å². The van der Waals surface area contributed by atoms with E-state index >= 15 is 0 Å². The van der Waals surface area contributed by atoms with Crippen LogP contribution in [0.15, 0.2) is 0 Å². The van der Waals surface area contributed by atoms with Crippen LogP contribution in [0, 0.1) is 10.8 Å². The van der Waals surface area contributed by atoms with Crippen molar-refractivity contribution in [3.63, 3.8) is 0 Å². The summed E-state index contributed by atoms with van der Waals surface area (Å²) in [5, 5.41) is 20.7. The van der Waals surface area contributed by atoms with Crippen LogP contribution in [0.2, 0.25) is 0 Å². The number of nitrogens with zero attached hydrogens (tertiary/aromatic N) is 1. The molecule has 0 aromatic rings. The third-order valence-electron chi connectivity index (χ3n) is 6.03. The molecule has 0 aromatic heterocycles. The minimum absolute atomic E-state index is 0.247. The SMILES string of the molecule is CC(O)(O)C12CC3(CC3)CN1CCC21CC1. The van der Waals surface area contributed by atoms with E-state index in [4.69, 9.17) is 0 Å². The van der Waals surface area contributed by atoms with Gasteiger partial charge in [0.2, 0.25) is 0 Å². The maximum atomic E-state index is 10.3. The quantitative estimate of drug-likeness (QED) is 0.654. The van der Waals surface area contributed by atoms with Crippen molar-refractivity contribution in [1.82, 2.24) is 4.90 Å². The fourth-order valence-electron chi connectivity index (χ4n) is 4.89. The summed E-state index contributed by atoms with van der Waals surface area (Å²) in [5.41, 5.74) is 0.399. The predicted molar refractivity (Wildman–Crippen MR) is 59.7 cm³/mol. The first-order valence-electron chi connectivity index (χ1n) is 6.63. The summed E-state index contributed by atoms with van der Waals surface area (Å²) in [6.45, 7) is 3.82. The van der Waals surface area contributed by atoms with Crippen LogP contribution in [0.4, 0.5) is 0 Å². The molecule has 2 N–H and O–H groups in total. The number of rotatable bonds is 1. The minimum Gasteiger partial charge on any atom is -0.364 e. The average molecular weight is 223 g/mol. The standard InChI is InChI=1S/C13H21NO2/c1-10(15,16)13-8-11(2-3-11)9-14(13)7-6-12(13)4-5-12/h15-16H,2-9H2,1H3. The smallest absolute Gasteiger partial charge is 0.179 e. The maximum absolute atomic E-state index is 10.3. The molecule has 2 aliphatic heterocycles. The second-order valence-electron chi connectivity index (χ2n) is 7.01. The molecule has 2 spiro atoms. The van der Waals surface area contributed by atoms with Crippen molar-refractivity contribution in [3.8, 4) is 0 Å². The summed E-state index contributed by atoms with van der Waals surface area (Å²) in [4.78, 5) is 2.42. The number of hydrogen-bond acceptors (Lipinski definition) is 3. The van der Waals surface area contributed by atoms with Crippen molar-refractivity contribution in [2.45, 2.75) is 56.8 Å².